The lowest BCUT2D eigenvalue weighted by Gasteiger charge is -2.26. The number of rotatable bonds is 5. The molecule has 0 spiro atoms. The molecule has 14 heavy (non-hydrogen) atoms. The number of hydrogen-bond donors (Lipinski definition) is 1. The fraction of sp³-hybridized carbons (Fsp3) is 0.917. The molecule has 2 heteroatoms. The van der Waals surface area contributed by atoms with Crippen LogP contribution in [-0.2, 0) is 4.79 Å². The molecular formula is C12H23NO. The molecule has 1 aliphatic carbocycles. The van der Waals surface area contributed by atoms with Gasteiger partial charge in [-0.1, -0.05) is 32.6 Å². The average Bonchev–Trinajstić information content (AvgIpc) is 2.19. The second-order valence-corrected chi connectivity index (χ2v) is 4.62. The molecule has 1 saturated carbocycles. The van der Waals surface area contributed by atoms with E-state index in [2.05, 4.69) is 6.92 Å². The molecule has 1 aliphatic rings. The van der Waals surface area contributed by atoms with Gasteiger partial charge < -0.3 is 5.73 Å². The third-order valence-corrected chi connectivity index (χ3v) is 3.47. The zero-order valence-corrected chi connectivity index (χ0v) is 9.30. The summed E-state index contributed by atoms with van der Waals surface area (Å²) in [5.41, 5.74) is 5.30. The van der Waals surface area contributed by atoms with E-state index in [1.807, 2.05) is 0 Å². The fourth-order valence-corrected chi connectivity index (χ4v) is 2.42. The summed E-state index contributed by atoms with van der Waals surface area (Å²) in [5, 5.41) is 0. The van der Waals surface area contributed by atoms with E-state index >= 15 is 0 Å². The number of hydrogen-bond acceptors (Lipinski definition) is 1. The molecule has 82 valence electrons. The Labute approximate surface area is 87.2 Å². The van der Waals surface area contributed by atoms with Gasteiger partial charge in [0.2, 0.25) is 5.91 Å². The molecule has 1 fully saturated rings. The minimum atomic E-state index is -0.0861. The summed E-state index contributed by atoms with van der Waals surface area (Å²) in [6.07, 6.45) is 9.89. The van der Waals surface area contributed by atoms with Gasteiger partial charge in [-0.05, 0) is 31.6 Å². The van der Waals surface area contributed by atoms with Crippen molar-refractivity contribution >= 4 is 5.91 Å². The van der Waals surface area contributed by atoms with Gasteiger partial charge in [-0.25, -0.2) is 0 Å². The number of unbranched alkanes of at least 4 members (excludes halogenated alkanes) is 2. The van der Waals surface area contributed by atoms with Crippen molar-refractivity contribution in [2.24, 2.45) is 17.6 Å². The molecular weight excluding hydrogens is 174 g/mol. The van der Waals surface area contributed by atoms with Crippen molar-refractivity contribution in [3.05, 3.63) is 0 Å². The predicted molar refractivity (Wildman–Crippen MR) is 58.8 cm³/mol. The van der Waals surface area contributed by atoms with Crippen LogP contribution < -0.4 is 5.73 Å². The highest BCUT2D eigenvalue weighted by Crippen LogP contribution is 2.31. The first-order valence-corrected chi connectivity index (χ1v) is 6.03. The third-order valence-electron chi connectivity index (χ3n) is 3.47. The van der Waals surface area contributed by atoms with Gasteiger partial charge in [-0.15, -0.1) is 0 Å². The Hall–Kier alpha value is -0.530. The highest BCUT2D eigenvalue weighted by atomic mass is 16.1. The normalized spacial score (nSPS) is 27.5. The zero-order chi connectivity index (χ0) is 10.4. The van der Waals surface area contributed by atoms with Gasteiger partial charge in [0.1, 0.15) is 0 Å². The van der Waals surface area contributed by atoms with Crippen LogP contribution in [-0.4, -0.2) is 5.91 Å². The molecule has 0 atom stereocenters. The first-order chi connectivity index (χ1) is 6.74. The third kappa shape index (κ3) is 3.69. The van der Waals surface area contributed by atoms with E-state index in [1.165, 1.54) is 38.5 Å². The highest BCUT2D eigenvalue weighted by Gasteiger charge is 2.23. The van der Waals surface area contributed by atoms with Crippen molar-refractivity contribution in [3.8, 4) is 0 Å². The Kier molecular flexibility index (Phi) is 4.99. The van der Waals surface area contributed by atoms with Gasteiger partial charge >= 0.3 is 0 Å². The van der Waals surface area contributed by atoms with E-state index in [9.17, 15) is 4.79 Å². The van der Waals surface area contributed by atoms with Gasteiger partial charge in [0.05, 0.1) is 0 Å². The molecule has 0 aromatic rings. The van der Waals surface area contributed by atoms with Crippen molar-refractivity contribution in [3.63, 3.8) is 0 Å². The summed E-state index contributed by atoms with van der Waals surface area (Å²) < 4.78 is 0. The second-order valence-electron chi connectivity index (χ2n) is 4.62. The summed E-state index contributed by atoms with van der Waals surface area (Å²) in [5.74, 6) is 0.964. The lowest BCUT2D eigenvalue weighted by molar-refractivity contribution is -0.122. The van der Waals surface area contributed by atoms with Crippen LogP contribution in [0.25, 0.3) is 0 Å². The van der Waals surface area contributed by atoms with E-state index in [-0.39, 0.29) is 11.8 Å². The first-order valence-electron chi connectivity index (χ1n) is 6.03. The molecule has 0 aliphatic heterocycles. The van der Waals surface area contributed by atoms with Crippen molar-refractivity contribution in [2.75, 3.05) is 0 Å². The molecule has 0 saturated heterocycles. The van der Waals surface area contributed by atoms with E-state index < -0.39 is 0 Å². The molecule has 0 radical (unpaired) electrons. The van der Waals surface area contributed by atoms with Crippen molar-refractivity contribution in [2.45, 2.75) is 58.3 Å². The summed E-state index contributed by atoms with van der Waals surface area (Å²) in [6.45, 7) is 2.24. The number of amides is 1. The minimum absolute atomic E-state index is 0.0861. The van der Waals surface area contributed by atoms with Crippen LogP contribution in [0.15, 0.2) is 0 Å². The van der Waals surface area contributed by atoms with Gasteiger partial charge in [0.15, 0.2) is 0 Å². The Morgan fingerprint density at radius 3 is 2.36 bits per heavy atom. The number of carbonyl (C=O) groups excluding carboxylic acids is 1. The van der Waals surface area contributed by atoms with Crippen LogP contribution in [0.3, 0.4) is 0 Å². The predicted octanol–water partition coefficient (Wildman–Crippen LogP) is 2.86. The van der Waals surface area contributed by atoms with E-state index in [0.717, 1.165) is 18.8 Å². The van der Waals surface area contributed by atoms with Crippen LogP contribution in [0, 0.1) is 11.8 Å². The quantitative estimate of drug-likeness (QED) is 0.677. The molecule has 2 nitrogen and oxygen atoms in total. The molecule has 0 heterocycles. The molecule has 0 unspecified atom stereocenters. The van der Waals surface area contributed by atoms with Crippen molar-refractivity contribution in [1.29, 1.82) is 0 Å². The summed E-state index contributed by atoms with van der Waals surface area (Å²) in [6, 6.07) is 0. The number of carbonyl (C=O) groups is 1. The monoisotopic (exact) mass is 197 g/mol. The summed E-state index contributed by atoms with van der Waals surface area (Å²) in [4.78, 5) is 10.9. The SMILES string of the molecule is CCCCCC1CCC(C(N)=O)CC1. The van der Waals surface area contributed by atoms with Gasteiger partial charge in [-0.3, -0.25) is 4.79 Å². The van der Waals surface area contributed by atoms with Gasteiger partial charge in [0, 0.05) is 5.92 Å². The van der Waals surface area contributed by atoms with Gasteiger partial charge in [-0.2, -0.15) is 0 Å². The maximum Gasteiger partial charge on any atom is 0.220 e. The Balaban J connectivity index is 2.12. The second kappa shape index (κ2) is 6.05. The number of primary amides is 1. The van der Waals surface area contributed by atoms with Crippen molar-refractivity contribution in [1.82, 2.24) is 0 Å². The molecule has 0 aromatic carbocycles. The molecule has 0 bridgehead atoms. The van der Waals surface area contributed by atoms with Crippen LogP contribution in [0.1, 0.15) is 58.3 Å². The Morgan fingerprint density at radius 2 is 1.86 bits per heavy atom. The topological polar surface area (TPSA) is 43.1 Å². The van der Waals surface area contributed by atoms with Crippen LogP contribution >= 0.6 is 0 Å². The standard InChI is InChI=1S/C12H23NO/c1-2-3-4-5-10-6-8-11(9-7-10)12(13)14/h10-11H,2-9H2,1H3,(H2,13,14). The first kappa shape index (κ1) is 11.5. The fourth-order valence-electron chi connectivity index (χ4n) is 2.42. The van der Waals surface area contributed by atoms with Crippen LogP contribution in [0.5, 0.6) is 0 Å². The molecule has 1 amide bonds. The van der Waals surface area contributed by atoms with E-state index in [1.54, 1.807) is 0 Å². The summed E-state index contributed by atoms with van der Waals surface area (Å²) in [7, 11) is 0. The lowest BCUT2D eigenvalue weighted by atomic mass is 9.79. The maximum absolute atomic E-state index is 10.9. The minimum Gasteiger partial charge on any atom is -0.369 e. The van der Waals surface area contributed by atoms with Gasteiger partial charge in [0.25, 0.3) is 0 Å². The highest BCUT2D eigenvalue weighted by molar-refractivity contribution is 5.76. The average molecular weight is 197 g/mol. The Morgan fingerprint density at radius 1 is 1.21 bits per heavy atom. The smallest absolute Gasteiger partial charge is 0.220 e. The Bertz CT molecular complexity index is 171. The van der Waals surface area contributed by atoms with Crippen LogP contribution in [0.4, 0.5) is 0 Å². The molecule has 0 aromatic heterocycles. The van der Waals surface area contributed by atoms with Crippen molar-refractivity contribution < 1.29 is 4.79 Å². The maximum atomic E-state index is 10.9. The molecule has 2 N–H and O–H groups in total. The number of nitrogens with two attached hydrogens (primary N) is 1. The molecule has 1 rings (SSSR count). The van der Waals surface area contributed by atoms with E-state index in [4.69, 9.17) is 5.73 Å². The lowest BCUT2D eigenvalue weighted by Crippen LogP contribution is -2.27. The largest absolute Gasteiger partial charge is 0.369 e. The summed E-state index contributed by atoms with van der Waals surface area (Å²) >= 11 is 0. The van der Waals surface area contributed by atoms with E-state index in [0.29, 0.717) is 0 Å². The zero-order valence-electron chi connectivity index (χ0n) is 9.30. The van der Waals surface area contributed by atoms with Crippen LogP contribution in [0.2, 0.25) is 0 Å².